The Balaban J connectivity index is 3.02. The van der Waals surface area contributed by atoms with E-state index in [1.807, 2.05) is 24.3 Å². The summed E-state index contributed by atoms with van der Waals surface area (Å²) in [6.07, 6.45) is 4.93. The van der Waals surface area contributed by atoms with Crippen molar-refractivity contribution in [2.75, 3.05) is 12.4 Å². The van der Waals surface area contributed by atoms with Gasteiger partial charge in [-0.25, -0.2) is 0 Å². The molecule has 0 radical (unpaired) electrons. The molecular weight excluding hydrogens is 254 g/mol. The molecule has 1 rings (SSSR count). The summed E-state index contributed by atoms with van der Waals surface area (Å²) in [5.41, 5.74) is 1.49. The highest BCUT2D eigenvalue weighted by molar-refractivity contribution is 9.09. The standard InChI is InChI=1S/C12H12BrNO/c1-15-12-7-4-6-10(11(12)9-14)5-2-3-8-13/h2,4-7H,3,8H2,1H3. The van der Waals surface area contributed by atoms with E-state index in [0.717, 1.165) is 17.3 Å². The summed E-state index contributed by atoms with van der Waals surface area (Å²) >= 11 is 3.35. The molecule has 0 heterocycles. The van der Waals surface area contributed by atoms with Crippen molar-refractivity contribution in [2.24, 2.45) is 0 Å². The van der Waals surface area contributed by atoms with Crippen LogP contribution in [-0.2, 0) is 0 Å². The zero-order valence-electron chi connectivity index (χ0n) is 8.53. The van der Waals surface area contributed by atoms with Gasteiger partial charge in [-0.15, -0.1) is 0 Å². The molecule has 15 heavy (non-hydrogen) atoms. The number of halogens is 1. The lowest BCUT2D eigenvalue weighted by molar-refractivity contribution is 0.413. The smallest absolute Gasteiger partial charge is 0.137 e. The number of hydrogen-bond donors (Lipinski definition) is 0. The Morgan fingerprint density at radius 1 is 1.53 bits per heavy atom. The second-order valence-electron chi connectivity index (χ2n) is 2.92. The van der Waals surface area contributed by atoms with Crippen LogP contribution in [-0.4, -0.2) is 12.4 Å². The minimum atomic E-state index is 0.589. The zero-order valence-corrected chi connectivity index (χ0v) is 10.1. The lowest BCUT2D eigenvalue weighted by atomic mass is 10.1. The van der Waals surface area contributed by atoms with Gasteiger partial charge in [-0.1, -0.05) is 40.2 Å². The Bertz CT molecular complexity index is 393. The lowest BCUT2D eigenvalue weighted by Crippen LogP contribution is -1.90. The van der Waals surface area contributed by atoms with E-state index in [1.165, 1.54) is 0 Å². The molecule has 1 aromatic carbocycles. The first kappa shape index (κ1) is 11.8. The summed E-state index contributed by atoms with van der Waals surface area (Å²) in [7, 11) is 1.57. The third-order valence-corrected chi connectivity index (χ3v) is 2.42. The highest BCUT2D eigenvalue weighted by atomic mass is 79.9. The SMILES string of the molecule is COc1cccc(C=CCCBr)c1C#N. The molecule has 0 aromatic heterocycles. The van der Waals surface area contributed by atoms with E-state index in [4.69, 9.17) is 10.00 Å². The molecule has 0 aliphatic rings. The molecule has 0 saturated heterocycles. The Kier molecular flexibility index (Phi) is 4.92. The van der Waals surface area contributed by atoms with Crippen molar-refractivity contribution >= 4 is 22.0 Å². The summed E-state index contributed by atoms with van der Waals surface area (Å²) in [6, 6.07) is 7.74. The average Bonchev–Trinajstić information content (AvgIpc) is 2.29. The van der Waals surface area contributed by atoms with Crippen LogP contribution in [0.4, 0.5) is 0 Å². The Morgan fingerprint density at radius 2 is 2.33 bits per heavy atom. The fraction of sp³-hybridized carbons (Fsp3) is 0.250. The summed E-state index contributed by atoms with van der Waals surface area (Å²) < 4.78 is 5.12. The molecule has 3 heteroatoms. The summed E-state index contributed by atoms with van der Waals surface area (Å²) in [5, 5.41) is 9.94. The van der Waals surface area contributed by atoms with Crippen molar-refractivity contribution in [2.45, 2.75) is 6.42 Å². The quantitative estimate of drug-likeness (QED) is 0.783. The van der Waals surface area contributed by atoms with Crippen molar-refractivity contribution in [3.05, 3.63) is 35.4 Å². The first-order chi connectivity index (χ1) is 7.33. The molecular formula is C12H12BrNO. The van der Waals surface area contributed by atoms with Gasteiger partial charge < -0.3 is 4.74 Å². The van der Waals surface area contributed by atoms with E-state index in [0.29, 0.717) is 11.3 Å². The second-order valence-corrected chi connectivity index (χ2v) is 3.71. The molecule has 0 bridgehead atoms. The highest BCUT2D eigenvalue weighted by Gasteiger charge is 2.04. The Morgan fingerprint density at radius 3 is 2.93 bits per heavy atom. The topological polar surface area (TPSA) is 33.0 Å². The maximum Gasteiger partial charge on any atom is 0.137 e. The van der Waals surface area contributed by atoms with E-state index < -0.39 is 0 Å². The monoisotopic (exact) mass is 265 g/mol. The maximum absolute atomic E-state index is 9.01. The van der Waals surface area contributed by atoms with Gasteiger partial charge >= 0.3 is 0 Å². The van der Waals surface area contributed by atoms with Crippen LogP contribution in [0.2, 0.25) is 0 Å². The van der Waals surface area contributed by atoms with Crippen LogP contribution in [0.3, 0.4) is 0 Å². The normalized spacial score (nSPS) is 10.2. The summed E-state index contributed by atoms with van der Waals surface area (Å²) in [6.45, 7) is 0. The number of methoxy groups -OCH3 is 1. The van der Waals surface area contributed by atoms with Gasteiger partial charge in [-0.05, 0) is 18.1 Å². The highest BCUT2D eigenvalue weighted by Crippen LogP contribution is 2.22. The van der Waals surface area contributed by atoms with E-state index in [1.54, 1.807) is 13.2 Å². The van der Waals surface area contributed by atoms with Gasteiger partial charge in [0.05, 0.1) is 7.11 Å². The molecule has 0 aliphatic carbocycles. The molecule has 0 aliphatic heterocycles. The number of hydrogen-bond acceptors (Lipinski definition) is 2. The van der Waals surface area contributed by atoms with Crippen LogP contribution < -0.4 is 4.74 Å². The maximum atomic E-state index is 9.01. The number of ether oxygens (including phenoxy) is 1. The second kappa shape index (κ2) is 6.26. The minimum absolute atomic E-state index is 0.589. The first-order valence-electron chi connectivity index (χ1n) is 4.63. The Labute approximate surface area is 98.3 Å². The number of allylic oxidation sites excluding steroid dienone is 1. The third-order valence-electron chi connectivity index (χ3n) is 1.96. The Hall–Kier alpha value is -1.27. The van der Waals surface area contributed by atoms with Gasteiger partial charge in [0.15, 0.2) is 0 Å². The molecule has 0 amide bonds. The fourth-order valence-corrected chi connectivity index (χ4v) is 1.51. The summed E-state index contributed by atoms with van der Waals surface area (Å²) in [4.78, 5) is 0. The third kappa shape index (κ3) is 3.10. The largest absolute Gasteiger partial charge is 0.495 e. The fourth-order valence-electron chi connectivity index (χ4n) is 1.25. The van der Waals surface area contributed by atoms with E-state index in [-0.39, 0.29) is 0 Å². The molecule has 0 N–H and O–H groups in total. The van der Waals surface area contributed by atoms with Crippen molar-refractivity contribution in [3.63, 3.8) is 0 Å². The summed E-state index contributed by atoms with van der Waals surface area (Å²) in [5.74, 6) is 0.624. The van der Waals surface area contributed by atoms with Crippen molar-refractivity contribution in [1.29, 1.82) is 5.26 Å². The first-order valence-corrected chi connectivity index (χ1v) is 5.75. The van der Waals surface area contributed by atoms with Gasteiger partial charge in [-0.3, -0.25) is 0 Å². The molecule has 1 aromatic rings. The van der Waals surface area contributed by atoms with Crippen molar-refractivity contribution in [1.82, 2.24) is 0 Å². The molecule has 0 fully saturated rings. The van der Waals surface area contributed by atoms with Gasteiger partial charge in [0.1, 0.15) is 17.4 Å². The number of nitrogens with zero attached hydrogens (tertiary/aromatic N) is 1. The number of nitriles is 1. The molecule has 0 saturated carbocycles. The number of benzene rings is 1. The van der Waals surface area contributed by atoms with Gasteiger partial charge in [0.25, 0.3) is 0 Å². The van der Waals surface area contributed by atoms with Crippen LogP contribution in [0, 0.1) is 11.3 Å². The predicted octanol–water partition coefficient (Wildman–Crippen LogP) is 3.37. The van der Waals surface area contributed by atoms with Crippen molar-refractivity contribution < 1.29 is 4.74 Å². The van der Waals surface area contributed by atoms with Crippen LogP contribution in [0.5, 0.6) is 5.75 Å². The molecule has 0 spiro atoms. The van der Waals surface area contributed by atoms with Gasteiger partial charge in [0, 0.05) is 5.33 Å². The van der Waals surface area contributed by atoms with Crippen LogP contribution in [0.15, 0.2) is 24.3 Å². The number of alkyl halides is 1. The van der Waals surface area contributed by atoms with Crippen LogP contribution >= 0.6 is 15.9 Å². The molecule has 0 atom stereocenters. The van der Waals surface area contributed by atoms with E-state index >= 15 is 0 Å². The molecule has 2 nitrogen and oxygen atoms in total. The zero-order chi connectivity index (χ0) is 11.1. The molecule has 78 valence electrons. The van der Waals surface area contributed by atoms with Crippen molar-refractivity contribution in [3.8, 4) is 11.8 Å². The van der Waals surface area contributed by atoms with Crippen LogP contribution in [0.25, 0.3) is 6.08 Å². The minimum Gasteiger partial charge on any atom is -0.495 e. The van der Waals surface area contributed by atoms with E-state index in [2.05, 4.69) is 22.0 Å². The number of rotatable bonds is 4. The molecule has 0 unspecified atom stereocenters. The van der Waals surface area contributed by atoms with Crippen LogP contribution in [0.1, 0.15) is 17.5 Å². The van der Waals surface area contributed by atoms with Gasteiger partial charge in [0.2, 0.25) is 0 Å². The predicted molar refractivity (Wildman–Crippen MR) is 65.2 cm³/mol. The average molecular weight is 266 g/mol. The van der Waals surface area contributed by atoms with Gasteiger partial charge in [-0.2, -0.15) is 5.26 Å². The lowest BCUT2D eigenvalue weighted by Gasteiger charge is -2.04. The van der Waals surface area contributed by atoms with E-state index in [9.17, 15) is 0 Å².